The fourth-order valence-electron chi connectivity index (χ4n) is 5.46. The van der Waals surface area contributed by atoms with Crippen LogP contribution in [0.15, 0.2) is 11.6 Å². The van der Waals surface area contributed by atoms with Crippen LogP contribution in [0.5, 0.6) is 0 Å². The zero-order chi connectivity index (χ0) is 13.0. The van der Waals surface area contributed by atoms with Crippen molar-refractivity contribution in [1.29, 1.82) is 0 Å². The van der Waals surface area contributed by atoms with E-state index in [4.69, 9.17) is 0 Å². The molecule has 0 heterocycles. The zero-order valence-corrected chi connectivity index (χ0v) is 12.2. The minimum Gasteiger partial charge on any atom is -0.389 e. The van der Waals surface area contributed by atoms with Crippen LogP contribution in [0.4, 0.5) is 0 Å². The SMILES string of the molecule is CC1(C)CCC[C@]2(C)C3=C[C@@H](O)CC[C@@H]3CC[C@@H]12. The molecule has 0 aromatic carbocycles. The molecule has 0 spiro atoms. The number of hydrogen-bond acceptors (Lipinski definition) is 1. The van der Waals surface area contributed by atoms with Crippen LogP contribution in [0.3, 0.4) is 0 Å². The van der Waals surface area contributed by atoms with Crippen molar-refractivity contribution in [1.82, 2.24) is 0 Å². The predicted octanol–water partition coefficient (Wildman–Crippen LogP) is 4.31. The molecule has 0 amide bonds. The lowest BCUT2D eigenvalue weighted by molar-refractivity contribution is -0.0147. The molecule has 3 aliphatic carbocycles. The first kappa shape index (κ1) is 12.7. The van der Waals surface area contributed by atoms with Gasteiger partial charge in [0.15, 0.2) is 0 Å². The van der Waals surface area contributed by atoms with Crippen LogP contribution < -0.4 is 0 Å². The van der Waals surface area contributed by atoms with E-state index in [1.807, 2.05) is 0 Å². The monoisotopic (exact) mass is 248 g/mol. The minimum absolute atomic E-state index is 0.170. The maximum absolute atomic E-state index is 10.0. The van der Waals surface area contributed by atoms with Gasteiger partial charge in [0.2, 0.25) is 0 Å². The molecule has 4 atom stereocenters. The van der Waals surface area contributed by atoms with Crippen molar-refractivity contribution in [2.24, 2.45) is 22.7 Å². The molecule has 0 aromatic rings. The summed E-state index contributed by atoms with van der Waals surface area (Å²) in [6.07, 6.45) is 11.1. The van der Waals surface area contributed by atoms with E-state index in [9.17, 15) is 5.11 Å². The first-order valence-corrected chi connectivity index (χ1v) is 7.84. The molecular formula is C17H28O. The Hall–Kier alpha value is -0.300. The number of allylic oxidation sites excluding steroid dienone is 1. The van der Waals surface area contributed by atoms with E-state index in [2.05, 4.69) is 26.8 Å². The first-order valence-electron chi connectivity index (χ1n) is 7.84. The van der Waals surface area contributed by atoms with Crippen molar-refractivity contribution in [3.8, 4) is 0 Å². The molecule has 0 bridgehead atoms. The summed E-state index contributed by atoms with van der Waals surface area (Å²) < 4.78 is 0. The molecule has 102 valence electrons. The molecule has 0 radical (unpaired) electrons. The van der Waals surface area contributed by atoms with Gasteiger partial charge in [0.1, 0.15) is 0 Å². The number of rotatable bonds is 0. The lowest BCUT2D eigenvalue weighted by Crippen LogP contribution is -2.48. The third-order valence-corrected chi connectivity index (χ3v) is 6.32. The number of fused-ring (bicyclic) bond motifs is 3. The van der Waals surface area contributed by atoms with E-state index in [0.29, 0.717) is 10.8 Å². The third kappa shape index (κ3) is 1.78. The summed E-state index contributed by atoms with van der Waals surface area (Å²) >= 11 is 0. The van der Waals surface area contributed by atoms with Crippen molar-refractivity contribution in [3.63, 3.8) is 0 Å². The van der Waals surface area contributed by atoms with Crippen LogP contribution in [0.25, 0.3) is 0 Å². The Morgan fingerprint density at radius 3 is 2.56 bits per heavy atom. The lowest BCUT2D eigenvalue weighted by Gasteiger charge is -2.57. The molecule has 0 aromatic heterocycles. The molecule has 0 unspecified atom stereocenters. The van der Waals surface area contributed by atoms with E-state index >= 15 is 0 Å². The third-order valence-electron chi connectivity index (χ3n) is 6.32. The molecule has 0 saturated heterocycles. The second-order valence-electron chi connectivity index (χ2n) is 7.85. The maximum Gasteiger partial charge on any atom is 0.0724 e. The molecule has 2 saturated carbocycles. The molecule has 1 nitrogen and oxygen atoms in total. The Morgan fingerprint density at radius 1 is 1.06 bits per heavy atom. The van der Waals surface area contributed by atoms with Crippen LogP contribution in [-0.2, 0) is 0 Å². The molecule has 1 N–H and O–H groups in total. The van der Waals surface area contributed by atoms with Crippen LogP contribution in [0.2, 0.25) is 0 Å². The summed E-state index contributed by atoms with van der Waals surface area (Å²) in [5.74, 6) is 1.61. The molecule has 18 heavy (non-hydrogen) atoms. The van der Waals surface area contributed by atoms with Crippen LogP contribution >= 0.6 is 0 Å². The Kier molecular flexibility index (Phi) is 2.89. The van der Waals surface area contributed by atoms with E-state index in [1.165, 1.54) is 38.5 Å². The lowest BCUT2D eigenvalue weighted by atomic mass is 9.47. The summed E-state index contributed by atoms with van der Waals surface area (Å²) in [5, 5.41) is 10.0. The van der Waals surface area contributed by atoms with E-state index in [1.54, 1.807) is 5.57 Å². The van der Waals surface area contributed by atoms with Gasteiger partial charge >= 0.3 is 0 Å². The highest BCUT2D eigenvalue weighted by molar-refractivity contribution is 5.26. The van der Waals surface area contributed by atoms with Gasteiger partial charge in [-0.1, -0.05) is 38.8 Å². The largest absolute Gasteiger partial charge is 0.389 e. The first-order chi connectivity index (χ1) is 8.43. The highest BCUT2D eigenvalue weighted by Crippen LogP contribution is 2.62. The number of aliphatic hydroxyl groups excluding tert-OH is 1. The van der Waals surface area contributed by atoms with Gasteiger partial charge in [0.25, 0.3) is 0 Å². The topological polar surface area (TPSA) is 20.2 Å². The van der Waals surface area contributed by atoms with Gasteiger partial charge in [0.05, 0.1) is 6.10 Å². The second kappa shape index (κ2) is 4.10. The number of aliphatic hydroxyl groups is 1. The molecule has 2 fully saturated rings. The van der Waals surface area contributed by atoms with E-state index < -0.39 is 0 Å². The van der Waals surface area contributed by atoms with Crippen LogP contribution in [0.1, 0.15) is 65.7 Å². The Bertz CT molecular complexity index is 368. The van der Waals surface area contributed by atoms with Crippen molar-refractivity contribution >= 4 is 0 Å². The van der Waals surface area contributed by atoms with E-state index in [-0.39, 0.29) is 6.10 Å². The average molecular weight is 248 g/mol. The van der Waals surface area contributed by atoms with Crippen molar-refractivity contribution in [3.05, 3.63) is 11.6 Å². The summed E-state index contributed by atoms with van der Waals surface area (Å²) in [5.41, 5.74) is 2.50. The fraction of sp³-hybridized carbons (Fsp3) is 0.882. The van der Waals surface area contributed by atoms with Gasteiger partial charge < -0.3 is 5.11 Å². The molecule has 0 aliphatic heterocycles. The van der Waals surface area contributed by atoms with Gasteiger partial charge in [-0.3, -0.25) is 0 Å². The highest BCUT2D eigenvalue weighted by atomic mass is 16.3. The predicted molar refractivity (Wildman–Crippen MR) is 75.3 cm³/mol. The van der Waals surface area contributed by atoms with Gasteiger partial charge in [-0.25, -0.2) is 0 Å². The van der Waals surface area contributed by atoms with Crippen LogP contribution in [0, 0.1) is 22.7 Å². The summed E-state index contributed by atoms with van der Waals surface area (Å²) in [6, 6.07) is 0. The smallest absolute Gasteiger partial charge is 0.0724 e. The summed E-state index contributed by atoms with van der Waals surface area (Å²) in [4.78, 5) is 0. The Morgan fingerprint density at radius 2 is 1.78 bits per heavy atom. The van der Waals surface area contributed by atoms with Crippen molar-refractivity contribution < 1.29 is 5.11 Å². The fourth-order valence-corrected chi connectivity index (χ4v) is 5.46. The van der Waals surface area contributed by atoms with Crippen LogP contribution in [-0.4, -0.2) is 11.2 Å². The highest BCUT2D eigenvalue weighted by Gasteiger charge is 2.52. The average Bonchev–Trinajstić information content (AvgIpc) is 2.29. The van der Waals surface area contributed by atoms with Gasteiger partial charge in [-0.2, -0.15) is 0 Å². The van der Waals surface area contributed by atoms with E-state index in [0.717, 1.165) is 18.3 Å². The van der Waals surface area contributed by atoms with Crippen molar-refractivity contribution in [2.75, 3.05) is 0 Å². The Labute approximate surface area is 112 Å². The molecule has 3 rings (SSSR count). The molecule has 1 heteroatoms. The minimum atomic E-state index is -0.170. The second-order valence-corrected chi connectivity index (χ2v) is 7.85. The Balaban J connectivity index is 2.00. The molecule has 3 aliphatic rings. The van der Waals surface area contributed by atoms with Crippen molar-refractivity contribution in [2.45, 2.75) is 71.8 Å². The standard InChI is InChI=1S/C17H28O/c1-16(2)9-4-10-17(3)14-11-13(18)7-5-12(14)6-8-15(16)17/h11-13,15,18H,4-10H2,1-3H3/t12-,13+,15+,17-/m1/s1. The quantitative estimate of drug-likeness (QED) is 0.633. The summed E-state index contributed by atoms with van der Waals surface area (Å²) in [6.45, 7) is 7.43. The van der Waals surface area contributed by atoms with Gasteiger partial charge in [-0.05, 0) is 61.2 Å². The number of hydrogen-bond donors (Lipinski definition) is 1. The van der Waals surface area contributed by atoms with Gasteiger partial charge in [-0.15, -0.1) is 0 Å². The summed E-state index contributed by atoms with van der Waals surface area (Å²) in [7, 11) is 0. The maximum atomic E-state index is 10.0. The normalized spacial score (nSPS) is 46.9. The molecular weight excluding hydrogens is 220 g/mol. The zero-order valence-electron chi connectivity index (χ0n) is 12.2. The van der Waals surface area contributed by atoms with Gasteiger partial charge in [0, 0.05) is 0 Å².